The van der Waals surface area contributed by atoms with Gasteiger partial charge in [-0.3, -0.25) is 0 Å². The van der Waals surface area contributed by atoms with Crippen LogP contribution >= 0.6 is 0 Å². The number of likely N-dealkylation sites (tertiary alicyclic amines) is 1. The fourth-order valence-electron chi connectivity index (χ4n) is 2.84. The zero-order valence-corrected chi connectivity index (χ0v) is 10.4. The summed E-state index contributed by atoms with van der Waals surface area (Å²) in [5.74, 6) is 0.751. The van der Waals surface area contributed by atoms with Gasteiger partial charge in [0.15, 0.2) is 0 Å². The molecule has 4 nitrogen and oxygen atoms in total. The van der Waals surface area contributed by atoms with Crippen LogP contribution in [0, 0.1) is 5.92 Å². The molecule has 1 aliphatic heterocycles. The Labute approximate surface area is 103 Å². The van der Waals surface area contributed by atoms with Crippen molar-refractivity contribution >= 4 is 6.09 Å². The largest absolute Gasteiger partial charge is 0.465 e. The molecule has 0 aromatic rings. The van der Waals surface area contributed by atoms with E-state index in [4.69, 9.17) is 9.84 Å². The maximum Gasteiger partial charge on any atom is 0.407 e. The van der Waals surface area contributed by atoms with E-state index in [1.54, 1.807) is 0 Å². The van der Waals surface area contributed by atoms with Crippen molar-refractivity contribution in [3.63, 3.8) is 0 Å². The molecule has 1 amide bonds. The van der Waals surface area contributed by atoms with E-state index in [9.17, 15) is 4.79 Å². The molecule has 0 unspecified atom stereocenters. The molecule has 98 valence electrons. The summed E-state index contributed by atoms with van der Waals surface area (Å²) in [5.41, 5.74) is 0. The fourth-order valence-corrected chi connectivity index (χ4v) is 2.84. The molecule has 0 spiro atoms. The maximum absolute atomic E-state index is 10.8. The van der Waals surface area contributed by atoms with Gasteiger partial charge in [0, 0.05) is 19.7 Å². The lowest BCUT2D eigenvalue weighted by Crippen LogP contribution is -2.40. The normalized spacial score (nSPS) is 23.9. The van der Waals surface area contributed by atoms with E-state index in [1.807, 2.05) is 0 Å². The highest BCUT2D eigenvalue weighted by atomic mass is 16.5. The van der Waals surface area contributed by atoms with Crippen LogP contribution in [-0.4, -0.2) is 41.9 Å². The summed E-state index contributed by atoms with van der Waals surface area (Å²) in [6, 6.07) is 0. The fraction of sp³-hybridized carbons (Fsp3) is 0.923. The van der Waals surface area contributed by atoms with Crippen LogP contribution in [0.3, 0.4) is 0 Å². The Morgan fingerprint density at radius 2 is 1.76 bits per heavy atom. The second-order valence-electron chi connectivity index (χ2n) is 5.31. The van der Waals surface area contributed by atoms with Gasteiger partial charge in [-0.1, -0.05) is 19.3 Å². The van der Waals surface area contributed by atoms with E-state index in [1.165, 1.54) is 37.0 Å². The lowest BCUT2D eigenvalue weighted by atomic mass is 9.90. The minimum atomic E-state index is -0.796. The first kappa shape index (κ1) is 12.7. The first-order valence-corrected chi connectivity index (χ1v) is 6.85. The molecule has 0 radical (unpaired) electrons. The van der Waals surface area contributed by atoms with Crippen LogP contribution in [0.2, 0.25) is 0 Å². The zero-order valence-electron chi connectivity index (χ0n) is 10.4. The molecule has 1 aliphatic carbocycles. The van der Waals surface area contributed by atoms with Gasteiger partial charge in [0.2, 0.25) is 0 Å². The van der Waals surface area contributed by atoms with Crippen LogP contribution in [0.1, 0.15) is 44.9 Å². The van der Waals surface area contributed by atoms with Gasteiger partial charge < -0.3 is 14.7 Å². The first-order chi connectivity index (χ1) is 8.25. The zero-order chi connectivity index (χ0) is 12.1. The van der Waals surface area contributed by atoms with E-state index in [-0.39, 0.29) is 6.10 Å². The standard InChI is InChI=1S/C13H23NO3/c15-13(16)14-8-6-12(7-9-14)17-10-11-4-2-1-3-5-11/h11-12H,1-10H2,(H,15,16). The number of piperidine rings is 1. The van der Waals surface area contributed by atoms with E-state index >= 15 is 0 Å². The van der Waals surface area contributed by atoms with E-state index in [0.717, 1.165) is 25.4 Å². The molecule has 2 fully saturated rings. The molecule has 0 atom stereocenters. The van der Waals surface area contributed by atoms with Gasteiger partial charge in [-0.15, -0.1) is 0 Å². The molecule has 0 aromatic heterocycles. The second-order valence-corrected chi connectivity index (χ2v) is 5.31. The number of nitrogens with zero attached hydrogens (tertiary/aromatic N) is 1. The van der Waals surface area contributed by atoms with Gasteiger partial charge in [-0.25, -0.2) is 4.79 Å². The Kier molecular flexibility index (Phi) is 4.66. The third-order valence-corrected chi connectivity index (χ3v) is 4.00. The molecule has 0 aromatic carbocycles. The number of carboxylic acid groups (broad SMARTS) is 1. The van der Waals surface area contributed by atoms with Crippen molar-refractivity contribution in [1.29, 1.82) is 0 Å². The van der Waals surface area contributed by atoms with Gasteiger partial charge in [-0.05, 0) is 31.6 Å². The van der Waals surface area contributed by atoms with Crippen LogP contribution in [0.4, 0.5) is 4.79 Å². The van der Waals surface area contributed by atoms with E-state index in [0.29, 0.717) is 13.1 Å². The molecular formula is C13H23NO3. The lowest BCUT2D eigenvalue weighted by Gasteiger charge is -2.31. The third-order valence-electron chi connectivity index (χ3n) is 4.00. The third kappa shape index (κ3) is 3.87. The lowest BCUT2D eigenvalue weighted by molar-refractivity contribution is -0.0118. The number of rotatable bonds is 3. The van der Waals surface area contributed by atoms with Crippen molar-refractivity contribution in [1.82, 2.24) is 4.90 Å². The average Bonchev–Trinajstić information content (AvgIpc) is 2.38. The molecule has 2 aliphatic rings. The summed E-state index contributed by atoms with van der Waals surface area (Å²) in [4.78, 5) is 12.2. The number of carbonyl (C=O) groups is 1. The Morgan fingerprint density at radius 3 is 2.35 bits per heavy atom. The number of hydrogen-bond donors (Lipinski definition) is 1. The molecule has 0 bridgehead atoms. The van der Waals surface area contributed by atoms with Crippen molar-refractivity contribution in [2.45, 2.75) is 51.0 Å². The van der Waals surface area contributed by atoms with Gasteiger partial charge in [0.1, 0.15) is 0 Å². The van der Waals surface area contributed by atoms with Crippen LogP contribution in [-0.2, 0) is 4.74 Å². The molecule has 1 saturated heterocycles. The molecule has 4 heteroatoms. The molecule has 1 N–H and O–H groups in total. The van der Waals surface area contributed by atoms with Crippen molar-refractivity contribution in [2.75, 3.05) is 19.7 Å². The van der Waals surface area contributed by atoms with Gasteiger partial charge >= 0.3 is 6.09 Å². The van der Waals surface area contributed by atoms with Gasteiger partial charge in [0.25, 0.3) is 0 Å². The Morgan fingerprint density at radius 1 is 1.12 bits per heavy atom. The number of amides is 1. The summed E-state index contributed by atoms with van der Waals surface area (Å²) < 4.78 is 5.93. The van der Waals surface area contributed by atoms with Crippen molar-refractivity contribution in [2.24, 2.45) is 5.92 Å². The predicted octanol–water partition coefficient (Wildman–Crippen LogP) is 2.73. The highest BCUT2D eigenvalue weighted by Crippen LogP contribution is 2.25. The smallest absolute Gasteiger partial charge is 0.407 e. The summed E-state index contributed by atoms with van der Waals surface area (Å²) in [5, 5.41) is 8.84. The van der Waals surface area contributed by atoms with Crippen LogP contribution in [0.25, 0.3) is 0 Å². The summed E-state index contributed by atoms with van der Waals surface area (Å²) >= 11 is 0. The molecule has 1 saturated carbocycles. The van der Waals surface area contributed by atoms with Crippen LogP contribution < -0.4 is 0 Å². The summed E-state index contributed by atoms with van der Waals surface area (Å²) in [6.07, 6.45) is 7.92. The van der Waals surface area contributed by atoms with Crippen LogP contribution in [0.5, 0.6) is 0 Å². The Hall–Kier alpha value is -0.770. The van der Waals surface area contributed by atoms with Gasteiger partial charge in [0.05, 0.1) is 6.10 Å². The highest BCUT2D eigenvalue weighted by Gasteiger charge is 2.23. The SMILES string of the molecule is O=C(O)N1CCC(OCC2CCCCC2)CC1. The van der Waals surface area contributed by atoms with Crippen molar-refractivity contribution in [3.8, 4) is 0 Å². The predicted molar refractivity (Wildman–Crippen MR) is 65.1 cm³/mol. The maximum atomic E-state index is 10.8. The van der Waals surface area contributed by atoms with E-state index < -0.39 is 6.09 Å². The minimum Gasteiger partial charge on any atom is -0.465 e. The minimum absolute atomic E-state index is 0.285. The van der Waals surface area contributed by atoms with Crippen LogP contribution in [0.15, 0.2) is 0 Å². The van der Waals surface area contributed by atoms with Gasteiger partial charge in [-0.2, -0.15) is 0 Å². The Balaban J connectivity index is 1.62. The Bertz CT molecular complexity index is 243. The topological polar surface area (TPSA) is 49.8 Å². The van der Waals surface area contributed by atoms with Crippen molar-refractivity contribution in [3.05, 3.63) is 0 Å². The highest BCUT2D eigenvalue weighted by molar-refractivity contribution is 5.64. The van der Waals surface area contributed by atoms with Crippen molar-refractivity contribution < 1.29 is 14.6 Å². The summed E-state index contributed by atoms with van der Waals surface area (Å²) in [7, 11) is 0. The molecule has 17 heavy (non-hydrogen) atoms. The monoisotopic (exact) mass is 241 g/mol. The second kappa shape index (κ2) is 6.24. The van der Waals surface area contributed by atoms with E-state index in [2.05, 4.69) is 0 Å². The first-order valence-electron chi connectivity index (χ1n) is 6.85. The number of hydrogen-bond acceptors (Lipinski definition) is 2. The quantitative estimate of drug-likeness (QED) is 0.826. The average molecular weight is 241 g/mol. The number of ether oxygens (including phenoxy) is 1. The molecular weight excluding hydrogens is 218 g/mol. The molecule has 2 rings (SSSR count). The summed E-state index contributed by atoms with van der Waals surface area (Å²) in [6.45, 7) is 2.15. The molecule has 1 heterocycles.